The van der Waals surface area contributed by atoms with Gasteiger partial charge in [-0.15, -0.1) is 0 Å². The van der Waals surface area contributed by atoms with Crippen LogP contribution in [0.5, 0.6) is 5.75 Å². The summed E-state index contributed by atoms with van der Waals surface area (Å²) in [5, 5.41) is 2.34. The van der Waals surface area contributed by atoms with Crippen LogP contribution >= 0.6 is 0 Å². The number of hydrogen-bond donors (Lipinski definition) is 0. The normalized spacial score (nSPS) is 13.4. The molecule has 0 aliphatic carbocycles. The number of carbonyl (C=O) groups is 1. The average molecular weight is 254 g/mol. The predicted octanol–water partition coefficient (Wildman–Crippen LogP) is 3.22. The monoisotopic (exact) mass is 254 g/mol. The highest BCUT2D eigenvalue weighted by Crippen LogP contribution is 2.33. The van der Waals surface area contributed by atoms with Crippen molar-refractivity contribution in [3.63, 3.8) is 0 Å². The standard InChI is InChI=1S/C16H14O3/c1-2-18-16(17)15-10-8-13-12-6-4-3-5-11(12)7-9-14(13)19-15/h3-7,9-10H,2,8H2,1H3. The van der Waals surface area contributed by atoms with Gasteiger partial charge < -0.3 is 9.47 Å². The van der Waals surface area contributed by atoms with Crippen molar-refractivity contribution < 1.29 is 14.3 Å². The summed E-state index contributed by atoms with van der Waals surface area (Å²) in [5.74, 6) is 0.621. The number of fused-ring (bicyclic) bond motifs is 3. The summed E-state index contributed by atoms with van der Waals surface area (Å²) < 4.78 is 10.6. The van der Waals surface area contributed by atoms with Crippen molar-refractivity contribution in [1.82, 2.24) is 0 Å². The molecule has 96 valence electrons. The SMILES string of the molecule is CCOC(=O)C1=CCc2c(ccc3ccccc23)O1. The molecule has 1 aliphatic heterocycles. The Morgan fingerprint density at radius 2 is 2.11 bits per heavy atom. The Kier molecular flexibility index (Phi) is 2.95. The third kappa shape index (κ3) is 2.08. The van der Waals surface area contributed by atoms with Gasteiger partial charge in [-0.1, -0.05) is 30.3 Å². The fourth-order valence-electron chi connectivity index (χ4n) is 2.30. The minimum absolute atomic E-state index is 0.282. The minimum Gasteiger partial charge on any atom is -0.460 e. The van der Waals surface area contributed by atoms with Gasteiger partial charge in [-0.25, -0.2) is 4.79 Å². The van der Waals surface area contributed by atoms with E-state index in [1.165, 1.54) is 10.8 Å². The zero-order valence-electron chi connectivity index (χ0n) is 10.7. The molecule has 1 aliphatic rings. The highest BCUT2D eigenvalue weighted by atomic mass is 16.6. The Morgan fingerprint density at radius 1 is 1.26 bits per heavy atom. The highest BCUT2D eigenvalue weighted by molar-refractivity contribution is 5.91. The smallest absolute Gasteiger partial charge is 0.373 e. The molecule has 3 heteroatoms. The molecule has 3 rings (SSSR count). The topological polar surface area (TPSA) is 35.5 Å². The van der Waals surface area contributed by atoms with Crippen LogP contribution in [0.15, 0.2) is 48.2 Å². The summed E-state index contributed by atoms with van der Waals surface area (Å²) >= 11 is 0. The van der Waals surface area contributed by atoms with Crippen LogP contribution in [-0.4, -0.2) is 12.6 Å². The molecule has 0 bridgehead atoms. The van der Waals surface area contributed by atoms with E-state index in [0.29, 0.717) is 13.0 Å². The first-order valence-corrected chi connectivity index (χ1v) is 6.35. The molecule has 0 saturated carbocycles. The second-order valence-electron chi connectivity index (χ2n) is 4.36. The van der Waals surface area contributed by atoms with Gasteiger partial charge in [0.1, 0.15) is 5.75 Å². The molecule has 19 heavy (non-hydrogen) atoms. The third-order valence-corrected chi connectivity index (χ3v) is 3.19. The lowest BCUT2D eigenvalue weighted by atomic mass is 9.99. The van der Waals surface area contributed by atoms with Crippen LogP contribution < -0.4 is 4.74 Å². The van der Waals surface area contributed by atoms with Crippen LogP contribution in [-0.2, 0) is 16.0 Å². The first-order valence-electron chi connectivity index (χ1n) is 6.35. The summed E-state index contributed by atoms with van der Waals surface area (Å²) in [6.07, 6.45) is 2.47. The van der Waals surface area contributed by atoms with E-state index >= 15 is 0 Å². The summed E-state index contributed by atoms with van der Waals surface area (Å²) in [4.78, 5) is 11.7. The number of hydrogen-bond acceptors (Lipinski definition) is 3. The van der Waals surface area contributed by atoms with Crippen molar-refractivity contribution in [2.24, 2.45) is 0 Å². The molecule has 0 spiro atoms. The van der Waals surface area contributed by atoms with E-state index in [1.54, 1.807) is 13.0 Å². The van der Waals surface area contributed by atoms with Gasteiger partial charge in [-0.05, 0) is 36.3 Å². The third-order valence-electron chi connectivity index (χ3n) is 3.19. The second-order valence-corrected chi connectivity index (χ2v) is 4.36. The summed E-state index contributed by atoms with van der Waals surface area (Å²) in [6.45, 7) is 2.13. The van der Waals surface area contributed by atoms with E-state index in [0.717, 1.165) is 11.3 Å². The first-order chi connectivity index (χ1) is 9.29. The van der Waals surface area contributed by atoms with Crippen molar-refractivity contribution in [3.8, 4) is 5.75 Å². The molecule has 0 saturated heterocycles. The maximum Gasteiger partial charge on any atom is 0.373 e. The first kappa shape index (κ1) is 11.8. The maximum atomic E-state index is 11.7. The summed E-state index contributed by atoms with van der Waals surface area (Å²) in [5.41, 5.74) is 1.12. The van der Waals surface area contributed by atoms with Crippen LogP contribution in [0.3, 0.4) is 0 Å². The molecule has 0 atom stereocenters. The Labute approximate surface area is 111 Å². The van der Waals surface area contributed by atoms with Crippen molar-refractivity contribution >= 4 is 16.7 Å². The number of carbonyl (C=O) groups excluding carboxylic acids is 1. The van der Waals surface area contributed by atoms with Crippen LogP contribution in [0, 0.1) is 0 Å². The van der Waals surface area contributed by atoms with Crippen LogP contribution in [0.4, 0.5) is 0 Å². The van der Waals surface area contributed by atoms with Gasteiger partial charge in [0.15, 0.2) is 0 Å². The molecule has 0 aromatic heterocycles. The van der Waals surface area contributed by atoms with Crippen LogP contribution in [0.25, 0.3) is 10.8 Å². The van der Waals surface area contributed by atoms with Crippen molar-refractivity contribution in [1.29, 1.82) is 0 Å². The van der Waals surface area contributed by atoms with Crippen LogP contribution in [0.2, 0.25) is 0 Å². The van der Waals surface area contributed by atoms with Gasteiger partial charge in [0.25, 0.3) is 0 Å². The lowest BCUT2D eigenvalue weighted by Crippen LogP contribution is -2.16. The molecule has 2 aromatic carbocycles. The van der Waals surface area contributed by atoms with E-state index in [4.69, 9.17) is 9.47 Å². The zero-order chi connectivity index (χ0) is 13.2. The van der Waals surface area contributed by atoms with E-state index < -0.39 is 5.97 Å². The van der Waals surface area contributed by atoms with Gasteiger partial charge in [-0.3, -0.25) is 0 Å². The molecule has 3 nitrogen and oxygen atoms in total. The summed E-state index contributed by atoms with van der Waals surface area (Å²) in [6, 6.07) is 12.1. The van der Waals surface area contributed by atoms with Crippen molar-refractivity contribution in [2.75, 3.05) is 6.61 Å². The number of ether oxygens (including phenoxy) is 2. The van der Waals surface area contributed by atoms with Gasteiger partial charge in [0.2, 0.25) is 5.76 Å². The highest BCUT2D eigenvalue weighted by Gasteiger charge is 2.20. The Hall–Kier alpha value is -2.29. The molecule has 0 fully saturated rings. The lowest BCUT2D eigenvalue weighted by Gasteiger charge is -2.18. The molecule has 0 radical (unpaired) electrons. The molecular weight excluding hydrogens is 240 g/mol. The fraction of sp³-hybridized carbons (Fsp3) is 0.188. The number of esters is 1. The number of benzene rings is 2. The molecule has 0 unspecified atom stereocenters. The number of rotatable bonds is 2. The predicted molar refractivity (Wildman–Crippen MR) is 73.0 cm³/mol. The van der Waals surface area contributed by atoms with Gasteiger partial charge in [0, 0.05) is 5.56 Å². The largest absolute Gasteiger partial charge is 0.460 e. The number of allylic oxidation sites excluding steroid dienone is 1. The second kappa shape index (κ2) is 4.76. The molecule has 0 N–H and O–H groups in total. The van der Waals surface area contributed by atoms with Gasteiger partial charge in [0.05, 0.1) is 6.61 Å². The lowest BCUT2D eigenvalue weighted by molar-refractivity contribution is -0.141. The van der Waals surface area contributed by atoms with Crippen molar-refractivity contribution in [2.45, 2.75) is 13.3 Å². The van der Waals surface area contributed by atoms with Gasteiger partial charge in [-0.2, -0.15) is 0 Å². The average Bonchev–Trinajstić information content (AvgIpc) is 2.46. The maximum absolute atomic E-state index is 11.7. The quantitative estimate of drug-likeness (QED) is 0.772. The van der Waals surface area contributed by atoms with E-state index in [-0.39, 0.29) is 5.76 Å². The zero-order valence-corrected chi connectivity index (χ0v) is 10.7. The van der Waals surface area contributed by atoms with Gasteiger partial charge >= 0.3 is 5.97 Å². The Morgan fingerprint density at radius 3 is 2.95 bits per heavy atom. The van der Waals surface area contributed by atoms with E-state index in [1.807, 2.05) is 24.3 Å². The Bertz CT molecular complexity index is 671. The molecular formula is C16H14O3. The fourth-order valence-corrected chi connectivity index (χ4v) is 2.30. The van der Waals surface area contributed by atoms with E-state index in [2.05, 4.69) is 12.1 Å². The van der Waals surface area contributed by atoms with Crippen molar-refractivity contribution in [3.05, 3.63) is 53.8 Å². The Balaban J connectivity index is 1.99. The minimum atomic E-state index is -0.402. The van der Waals surface area contributed by atoms with Crippen LogP contribution in [0.1, 0.15) is 12.5 Å². The van der Waals surface area contributed by atoms with E-state index in [9.17, 15) is 4.79 Å². The molecule has 2 aromatic rings. The molecule has 0 amide bonds. The summed E-state index contributed by atoms with van der Waals surface area (Å²) in [7, 11) is 0. The molecule has 1 heterocycles.